The summed E-state index contributed by atoms with van der Waals surface area (Å²) in [5.41, 5.74) is 2.85. The number of hydrogen-bond acceptors (Lipinski definition) is 3. The van der Waals surface area contributed by atoms with Crippen molar-refractivity contribution in [3.63, 3.8) is 0 Å². The Morgan fingerprint density at radius 1 is 1.17 bits per heavy atom. The van der Waals surface area contributed by atoms with Crippen molar-refractivity contribution in [2.24, 2.45) is 0 Å². The van der Waals surface area contributed by atoms with Gasteiger partial charge in [0.1, 0.15) is 11.6 Å². The van der Waals surface area contributed by atoms with Gasteiger partial charge in [-0.3, -0.25) is 4.57 Å². The van der Waals surface area contributed by atoms with Gasteiger partial charge in [-0.05, 0) is 49.7 Å². The van der Waals surface area contributed by atoms with Gasteiger partial charge >= 0.3 is 5.69 Å². The minimum atomic E-state index is -0.319. The summed E-state index contributed by atoms with van der Waals surface area (Å²) in [6, 6.07) is 9.99. The number of rotatable bonds is 2. The predicted molar refractivity (Wildman–Crippen MR) is 91.0 cm³/mol. The van der Waals surface area contributed by atoms with E-state index in [1.54, 1.807) is 16.7 Å². The van der Waals surface area contributed by atoms with Gasteiger partial charge in [-0.2, -0.15) is 4.98 Å². The average Bonchev–Trinajstić information content (AvgIpc) is 3.02. The highest BCUT2D eigenvalue weighted by Gasteiger charge is 2.22. The van der Waals surface area contributed by atoms with E-state index in [2.05, 4.69) is 4.98 Å². The van der Waals surface area contributed by atoms with Crippen LogP contribution in [-0.4, -0.2) is 16.2 Å². The lowest BCUT2D eigenvalue weighted by Crippen LogP contribution is -2.25. The number of benzene rings is 2. The van der Waals surface area contributed by atoms with Crippen LogP contribution in [0.4, 0.5) is 4.39 Å². The second kappa shape index (κ2) is 5.44. The molecule has 0 bridgehead atoms. The second-order valence-corrected chi connectivity index (χ2v) is 6.26. The highest BCUT2D eigenvalue weighted by Crippen LogP contribution is 2.39. The fourth-order valence-electron chi connectivity index (χ4n) is 3.29. The molecule has 0 fully saturated rings. The second-order valence-electron chi connectivity index (χ2n) is 6.26. The fourth-order valence-corrected chi connectivity index (χ4v) is 3.29. The van der Waals surface area contributed by atoms with Crippen LogP contribution in [0.1, 0.15) is 25.5 Å². The minimum absolute atomic E-state index is 0.0192. The zero-order valence-corrected chi connectivity index (χ0v) is 13.5. The van der Waals surface area contributed by atoms with Crippen LogP contribution in [0.15, 0.2) is 41.2 Å². The summed E-state index contributed by atoms with van der Waals surface area (Å²) in [5.74, 6) is 0.466. The summed E-state index contributed by atoms with van der Waals surface area (Å²) < 4.78 is 20.8. The molecule has 0 radical (unpaired) electrons. The van der Waals surface area contributed by atoms with Gasteiger partial charge in [0.05, 0.1) is 23.2 Å². The largest absolute Gasteiger partial charge is 0.492 e. The lowest BCUT2D eigenvalue weighted by atomic mass is 10.0. The summed E-state index contributed by atoms with van der Waals surface area (Å²) in [5, 5.41) is 0.824. The molecule has 4 nitrogen and oxygen atoms in total. The molecule has 1 aromatic heterocycles. The van der Waals surface area contributed by atoms with Crippen molar-refractivity contribution >= 4 is 10.9 Å². The molecular formula is C19H17FN2O2. The molecule has 0 aliphatic carbocycles. The zero-order chi connectivity index (χ0) is 16.8. The predicted octanol–water partition coefficient (Wildman–Crippen LogP) is 3.72. The van der Waals surface area contributed by atoms with Crippen LogP contribution in [0.25, 0.3) is 22.2 Å². The van der Waals surface area contributed by atoms with Crippen molar-refractivity contribution in [2.45, 2.75) is 26.3 Å². The van der Waals surface area contributed by atoms with Crippen LogP contribution in [0, 0.1) is 5.82 Å². The zero-order valence-electron chi connectivity index (χ0n) is 13.5. The van der Waals surface area contributed by atoms with E-state index in [9.17, 15) is 9.18 Å². The summed E-state index contributed by atoms with van der Waals surface area (Å²) in [6.45, 7) is 4.53. The third kappa shape index (κ3) is 2.19. The van der Waals surface area contributed by atoms with Crippen molar-refractivity contribution in [2.75, 3.05) is 6.61 Å². The molecule has 0 N–H and O–H groups in total. The number of aromatic nitrogens is 2. The highest BCUT2D eigenvalue weighted by molar-refractivity contribution is 5.98. The van der Waals surface area contributed by atoms with Crippen molar-refractivity contribution in [1.82, 2.24) is 9.55 Å². The van der Waals surface area contributed by atoms with Crippen LogP contribution in [0.3, 0.4) is 0 Å². The Morgan fingerprint density at radius 2 is 1.92 bits per heavy atom. The van der Waals surface area contributed by atoms with Crippen molar-refractivity contribution in [1.29, 1.82) is 0 Å². The monoisotopic (exact) mass is 324 g/mol. The van der Waals surface area contributed by atoms with Gasteiger partial charge in [-0.1, -0.05) is 6.07 Å². The van der Waals surface area contributed by atoms with Crippen LogP contribution in [0.5, 0.6) is 5.75 Å². The first-order valence-corrected chi connectivity index (χ1v) is 8.03. The van der Waals surface area contributed by atoms with Crippen LogP contribution in [-0.2, 0) is 6.42 Å². The van der Waals surface area contributed by atoms with Crippen LogP contribution < -0.4 is 10.4 Å². The number of nitrogens with zero attached hydrogens (tertiary/aromatic N) is 2. The molecule has 5 heteroatoms. The number of halogens is 1. The average molecular weight is 324 g/mol. The van der Waals surface area contributed by atoms with Crippen LogP contribution in [0.2, 0.25) is 0 Å². The molecule has 0 amide bonds. The van der Waals surface area contributed by atoms with Gasteiger partial charge in [0, 0.05) is 18.0 Å². The summed E-state index contributed by atoms with van der Waals surface area (Å²) >= 11 is 0. The lowest BCUT2D eigenvalue weighted by Gasteiger charge is -2.17. The Morgan fingerprint density at radius 3 is 2.62 bits per heavy atom. The van der Waals surface area contributed by atoms with E-state index < -0.39 is 0 Å². The maximum atomic E-state index is 13.3. The van der Waals surface area contributed by atoms with Gasteiger partial charge < -0.3 is 4.74 Å². The first-order valence-electron chi connectivity index (χ1n) is 8.03. The standard InChI is InChI=1S/C19H17FN2O2/c1-11(2)22-15-8-5-13-9-10-24-18(13)16(15)17(21-19(22)23)12-3-6-14(20)7-4-12/h3-8,11H,9-10H2,1-2H3. The van der Waals surface area contributed by atoms with E-state index in [0.29, 0.717) is 17.9 Å². The molecule has 1 aliphatic rings. The maximum absolute atomic E-state index is 13.3. The molecule has 0 spiro atoms. The molecule has 0 saturated heterocycles. The Kier molecular flexibility index (Phi) is 3.37. The van der Waals surface area contributed by atoms with Crippen molar-refractivity contribution in [3.8, 4) is 17.0 Å². The quantitative estimate of drug-likeness (QED) is 0.721. The van der Waals surface area contributed by atoms with E-state index in [1.807, 2.05) is 26.0 Å². The molecule has 2 aromatic carbocycles. The van der Waals surface area contributed by atoms with Gasteiger partial charge in [0.2, 0.25) is 0 Å². The Bertz CT molecular complexity index is 991. The van der Waals surface area contributed by atoms with Crippen molar-refractivity contribution < 1.29 is 9.13 Å². The fraction of sp³-hybridized carbons (Fsp3) is 0.263. The molecule has 3 aromatic rings. The lowest BCUT2D eigenvalue weighted by molar-refractivity contribution is 0.360. The van der Waals surface area contributed by atoms with Gasteiger partial charge in [-0.15, -0.1) is 0 Å². The maximum Gasteiger partial charge on any atom is 0.348 e. The molecule has 0 unspecified atom stereocenters. The molecule has 2 heterocycles. The summed E-state index contributed by atoms with van der Waals surface area (Å²) in [7, 11) is 0. The minimum Gasteiger partial charge on any atom is -0.492 e. The van der Waals surface area contributed by atoms with Crippen LogP contribution >= 0.6 is 0 Å². The van der Waals surface area contributed by atoms with E-state index >= 15 is 0 Å². The number of fused-ring (bicyclic) bond motifs is 3. The first-order chi connectivity index (χ1) is 11.6. The molecule has 4 rings (SSSR count). The number of hydrogen-bond donors (Lipinski definition) is 0. The molecule has 24 heavy (non-hydrogen) atoms. The third-order valence-electron chi connectivity index (χ3n) is 4.38. The Labute approximate surface area is 138 Å². The van der Waals surface area contributed by atoms with Gasteiger partial charge in [0.25, 0.3) is 0 Å². The molecule has 0 atom stereocenters. The highest BCUT2D eigenvalue weighted by atomic mass is 19.1. The molecule has 1 aliphatic heterocycles. The Hall–Kier alpha value is -2.69. The molecule has 122 valence electrons. The SMILES string of the molecule is CC(C)n1c(=O)nc(-c2ccc(F)cc2)c2c3c(ccc21)CCO3. The smallest absolute Gasteiger partial charge is 0.348 e. The van der Waals surface area contributed by atoms with Crippen molar-refractivity contribution in [3.05, 3.63) is 58.3 Å². The summed E-state index contributed by atoms with van der Waals surface area (Å²) in [4.78, 5) is 16.9. The molecule has 0 saturated carbocycles. The van der Waals surface area contributed by atoms with E-state index in [-0.39, 0.29) is 17.5 Å². The number of ether oxygens (including phenoxy) is 1. The normalized spacial score (nSPS) is 13.3. The Balaban J connectivity index is 2.14. The topological polar surface area (TPSA) is 44.1 Å². The van der Waals surface area contributed by atoms with E-state index in [1.165, 1.54) is 12.1 Å². The third-order valence-corrected chi connectivity index (χ3v) is 4.38. The van der Waals surface area contributed by atoms with Gasteiger partial charge in [0.15, 0.2) is 0 Å². The molecular weight excluding hydrogens is 307 g/mol. The van der Waals surface area contributed by atoms with E-state index in [4.69, 9.17) is 4.74 Å². The van der Waals surface area contributed by atoms with E-state index in [0.717, 1.165) is 28.6 Å². The van der Waals surface area contributed by atoms with Gasteiger partial charge in [-0.25, -0.2) is 9.18 Å². The summed E-state index contributed by atoms with van der Waals surface area (Å²) in [6.07, 6.45) is 0.842. The first kappa shape index (κ1) is 14.9.